The van der Waals surface area contributed by atoms with E-state index in [9.17, 15) is 9.59 Å². The van der Waals surface area contributed by atoms with Gasteiger partial charge in [-0.1, -0.05) is 25.1 Å². The molecule has 25 heavy (non-hydrogen) atoms. The number of thiophene rings is 1. The zero-order valence-corrected chi connectivity index (χ0v) is 14.7. The van der Waals surface area contributed by atoms with Crippen LogP contribution >= 0.6 is 11.3 Å². The normalized spacial score (nSPS) is 16.4. The SMILES string of the molecule is C[C@@H]1CCc2sc(C(=O)NNC(=O)c3cc4ccccc4[nH]3)cc2C1. The minimum absolute atomic E-state index is 0.267. The summed E-state index contributed by atoms with van der Waals surface area (Å²) in [6.45, 7) is 2.24. The van der Waals surface area contributed by atoms with Crippen LogP contribution in [0.5, 0.6) is 0 Å². The van der Waals surface area contributed by atoms with E-state index in [0.717, 1.165) is 23.7 Å². The largest absolute Gasteiger partial charge is 0.350 e. The van der Waals surface area contributed by atoms with Gasteiger partial charge in [0.2, 0.25) is 0 Å². The average Bonchev–Trinajstić information content (AvgIpc) is 3.22. The Morgan fingerprint density at radius 3 is 2.80 bits per heavy atom. The van der Waals surface area contributed by atoms with Crippen molar-refractivity contribution in [1.82, 2.24) is 15.8 Å². The monoisotopic (exact) mass is 353 g/mol. The van der Waals surface area contributed by atoms with Crippen LogP contribution in [0.4, 0.5) is 0 Å². The van der Waals surface area contributed by atoms with E-state index in [2.05, 4.69) is 22.8 Å². The van der Waals surface area contributed by atoms with Crippen molar-refractivity contribution in [3.05, 3.63) is 57.4 Å². The Bertz CT molecular complexity index is 924. The van der Waals surface area contributed by atoms with E-state index in [1.165, 1.54) is 28.2 Å². The summed E-state index contributed by atoms with van der Waals surface area (Å²) in [4.78, 5) is 29.5. The van der Waals surface area contributed by atoms with Gasteiger partial charge in [-0.15, -0.1) is 11.3 Å². The fraction of sp³-hybridized carbons (Fsp3) is 0.263. The molecule has 0 radical (unpaired) electrons. The van der Waals surface area contributed by atoms with Gasteiger partial charge in [-0.25, -0.2) is 0 Å². The number of hydrogen-bond acceptors (Lipinski definition) is 3. The van der Waals surface area contributed by atoms with Crippen LogP contribution in [-0.2, 0) is 12.8 Å². The minimum atomic E-state index is -0.362. The number of benzene rings is 1. The first-order valence-corrected chi connectivity index (χ1v) is 9.22. The lowest BCUT2D eigenvalue weighted by Gasteiger charge is -2.16. The molecule has 2 amide bonds. The summed E-state index contributed by atoms with van der Waals surface area (Å²) in [5.41, 5.74) is 7.58. The van der Waals surface area contributed by atoms with Gasteiger partial charge < -0.3 is 4.98 Å². The molecule has 4 rings (SSSR count). The van der Waals surface area contributed by atoms with E-state index >= 15 is 0 Å². The first-order valence-electron chi connectivity index (χ1n) is 8.40. The maximum absolute atomic E-state index is 12.3. The predicted molar refractivity (Wildman–Crippen MR) is 98.7 cm³/mol. The summed E-state index contributed by atoms with van der Waals surface area (Å²) in [5, 5.41) is 0.957. The second-order valence-electron chi connectivity index (χ2n) is 6.59. The summed E-state index contributed by atoms with van der Waals surface area (Å²) < 4.78 is 0. The van der Waals surface area contributed by atoms with Crippen LogP contribution in [0.25, 0.3) is 10.9 Å². The number of carbonyl (C=O) groups excluding carboxylic acids is 2. The highest BCUT2D eigenvalue weighted by atomic mass is 32.1. The number of carbonyl (C=O) groups is 2. The third-order valence-electron chi connectivity index (χ3n) is 4.62. The van der Waals surface area contributed by atoms with E-state index < -0.39 is 0 Å². The van der Waals surface area contributed by atoms with E-state index in [-0.39, 0.29) is 11.8 Å². The number of aromatic amines is 1. The van der Waals surface area contributed by atoms with Crippen molar-refractivity contribution in [1.29, 1.82) is 0 Å². The molecule has 0 unspecified atom stereocenters. The highest BCUT2D eigenvalue weighted by molar-refractivity contribution is 7.14. The van der Waals surface area contributed by atoms with Crippen molar-refractivity contribution in [2.45, 2.75) is 26.2 Å². The quantitative estimate of drug-likeness (QED) is 0.618. The number of para-hydroxylation sites is 1. The maximum atomic E-state index is 12.3. The Morgan fingerprint density at radius 2 is 1.96 bits per heavy atom. The molecule has 1 atom stereocenters. The Kier molecular flexibility index (Phi) is 4.05. The molecule has 128 valence electrons. The Morgan fingerprint density at radius 1 is 1.16 bits per heavy atom. The van der Waals surface area contributed by atoms with Crippen LogP contribution in [0.1, 0.15) is 43.9 Å². The number of aromatic nitrogens is 1. The van der Waals surface area contributed by atoms with Gasteiger partial charge in [0, 0.05) is 15.8 Å². The smallest absolute Gasteiger partial charge is 0.286 e. The first kappa shape index (κ1) is 15.9. The Labute approximate surface area is 149 Å². The van der Waals surface area contributed by atoms with Crippen LogP contribution in [0, 0.1) is 5.92 Å². The minimum Gasteiger partial charge on any atom is -0.350 e. The van der Waals surface area contributed by atoms with Crippen LogP contribution in [0.15, 0.2) is 36.4 Å². The molecular formula is C19H19N3O2S. The van der Waals surface area contributed by atoms with Crippen LogP contribution < -0.4 is 10.9 Å². The van der Waals surface area contributed by atoms with E-state index in [0.29, 0.717) is 16.5 Å². The van der Waals surface area contributed by atoms with Gasteiger partial charge in [0.1, 0.15) is 5.69 Å². The summed E-state index contributed by atoms with van der Waals surface area (Å²) in [5.74, 6) is 0.0377. The summed E-state index contributed by atoms with van der Waals surface area (Å²) >= 11 is 1.53. The summed E-state index contributed by atoms with van der Waals surface area (Å²) in [6.07, 6.45) is 3.24. The molecule has 5 nitrogen and oxygen atoms in total. The molecule has 1 aromatic carbocycles. The number of aryl methyl sites for hydroxylation is 1. The molecule has 0 fully saturated rings. The molecule has 1 aliphatic rings. The molecule has 0 saturated heterocycles. The average molecular weight is 353 g/mol. The molecule has 2 heterocycles. The standard InChI is InChI=1S/C19H19N3O2S/c1-11-6-7-16-13(8-11)10-17(25-16)19(24)22-21-18(23)15-9-12-4-2-3-5-14(12)20-15/h2-5,9-11,20H,6-8H2,1H3,(H,21,23)(H,22,24)/t11-/m1/s1. The number of hydrazine groups is 1. The Balaban J connectivity index is 1.42. The van der Waals surface area contributed by atoms with Crippen LogP contribution in [-0.4, -0.2) is 16.8 Å². The lowest BCUT2D eigenvalue weighted by molar-refractivity contribution is 0.0846. The van der Waals surface area contributed by atoms with Crippen molar-refractivity contribution in [2.24, 2.45) is 5.92 Å². The fourth-order valence-corrected chi connectivity index (χ4v) is 4.36. The van der Waals surface area contributed by atoms with Crippen molar-refractivity contribution < 1.29 is 9.59 Å². The number of amides is 2. The van der Waals surface area contributed by atoms with Crippen molar-refractivity contribution in [3.8, 4) is 0 Å². The van der Waals surface area contributed by atoms with Gasteiger partial charge in [-0.2, -0.15) is 0 Å². The zero-order valence-electron chi connectivity index (χ0n) is 13.9. The molecule has 1 aliphatic carbocycles. The van der Waals surface area contributed by atoms with E-state index in [4.69, 9.17) is 0 Å². The lowest BCUT2D eigenvalue weighted by atomic mass is 9.90. The van der Waals surface area contributed by atoms with Crippen LogP contribution in [0.3, 0.4) is 0 Å². The molecule has 2 aromatic heterocycles. The van der Waals surface area contributed by atoms with Crippen molar-refractivity contribution >= 4 is 34.1 Å². The van der Waals surface area contributed by atoms with Crippen LogP contribution in [0.2, 0.25) is 0 Å². The fourth-order valence-electron chi connectivity index (χ4n) is 3.26. The van der Waals surface area contributed by atoms with Gasteiger partial charge in [-0.05, 0) is 48.9 Å². The van der Waals surface area contributed by atoms with E-state index in [1.807, 2.05) is 30.3 Å². The van der Waals surface area contributed by atoms with Gasteiger partial charge in [0.25, 0.3) is 11.8 Å². The zero-order chi connectivity index (χ0) is 17.4. The second kappa shape index (κ2) is 6.37. The summed E-state index contributed by atoms with van der Waals surface area (Å²) in [7, 11) is 0. The van der Waals surface area contributed by atoms with Gasteiger partial charge in [0.05, 0.1) is 4.88 Å². The molecule has 0 saturated carbocycles. The molecule has 3 aromatic rings. The lowest BCUT2D eigenvalue weighted by Crippen LogP contribution is -2.41. The highest BCUT2D eigenvalue weighted by Crippen LogP contribution is 2.32. The van der Waals surface area contributed by atoms with Gasteiger partial charge in [-0.3, -0.25) is 20.4 Å². The predicted octanol–water partition coefficient (Wildman–Crippen LogP) is 3.43. The number of hydrogen-bond donors (Lipinski definition) is 3. The molecule has 3 N–H and O–H groups in total. The Hall–Kier alpha value is -2.60. The van der Waals surface area contributed by atoms with Crippen molar-refractivity contribution in [3.63, 3.8) is 0 Å². The summed E-state index contributed by atoms with van der Waals surface area (Å²) in [6, 6.07) is 11.4. The number of fused-ring (bicyclic) bond motifs is 2. The molecule has 6 heteroatoms. The highest BCUT2D eigenvalue weighted by Gasteiger charge is 2.21. The third kappa shape index (κ3) is 3.17. The molecule has 0 aliphatic heterocycles. The van der Waals surface area contributed by atoms with Gasteiger partial charge >= 0.3 is 0 Å². The second-order valence-corrected chi connectivity index (χ2v) is 7.72. The molecule has 0 bridgehead atoms. The van der Waals surface area contributed by atoms with Gasteiger partial charge in [0.15, 0.2) is 0 Å². The number of H-pyrrole nitrogens is 1. The number of nitrogens with one attached hydrogen (secondary N) is 3. The number of rotatable bonds is 2. The molecule has 0 spiro atoms. The van der Waals surface area contributed by atoms with E-state index in [1.54, 1.807) is 6.07 Å². The van der Waals surface area contributed by atoms with Crippen molar-refractivity contribution in [2.75, 3.05) is 0 Å². The first-order chi connectivity index (χ1) is 12.1. The maximum Gasteiger partial charge on any atom is 0.286 e. The molecular weight excluding hydrogens is 334 g/mol. The third-order valence-corrected chi connectivity index (χ3v) is 5.85. The topological polar surface area (TPSA) is 74.0 Å².